The molecule has 0 bridgehead atoms. The van der Waals surface area contributed by atoms with Crippen LogP contribution in [0.15, 0.2) is 42.7 Å². The Morgan fingerprint density at radius 1 is 1.38 bits per heavy atom. The van der Waals surface area contributed by atoms with E-state index in [-0.39, 0.29) is 18.6 Å². The Kier molecular flexibility index (Phi) is 3.75. The molecule has 0 saturated carbocycles. The van der Waals surface area contributed by atoms with Gasteiger partial charge in [0.2, 0.25) is 0 Å². The van der Waals surface area contributed by atoms with Gasteiger partial charge in [0.1, 0.15) is 0 Å². The van der Waals surface area contributed by atoms with E-state index in [0.717, 1.165) is 12.1 Å². The average Bonchev–Trinajstić information content (AvgIpc) is 3.14. The highest BCUT2D eigenvalue weighted by Crippen LogP contribution is 2.25. The van der Waals surface area contributed by atoms with Crippen molar-refractivity contribution in [1.82, 2.24) is 14.7 Å². The monoisotopic (exact) mass is 285 g/mol. The summed E-state index contributed by atoms with van der Waals surface area (Å²) in [6, 6.07) is 9.60. The van der Waals surface area contributed by atoms with Crippen molar-refractivity contribution in [3.05, 3.63) is 48.3 Å². The summed E-state index contributed by atoms with van der Waals surface area (Å²) in [4.78, 5) is 14.3. The SMILES string of the molecule is CC1CCN(C(=O)c2cnn(-c3ccccc3)c2)C1CO. The van der Waals surface area contributed by atoms with E-state index in [1.807, 2.05) is 30.3 Å². The van der Waals surface area contributed by atoms with Crippen LogP contribution < -0.4 is 0 Å². The quantitative estimate of drug-likeness (QED) is 0.934. The smallest absolute Gasteiger partial charge is 0.257 e. The number of aliphatic hydroxyl groups excluding tert-OH is 1. The van der Waals surface area contributed by atoms with E-state index in [1.54, 1.807) is 22.0 Å². The number of aromatic nitrogens is 2. The summed E-state index contributed by atoms with van der Waals surface area (Å²) in [6.07, 6.45) is 4.27. The Morgan fingerprint density at radius 3 is 2.86 bits per heavy atom. The van der Waals surface area contributed by atoms with Crippen molar-refractivity contribution in [3.8, 4) is 5.69 Å². The fourth-order valence-corrected chi connectivity index (χ4v) is 2.86. The van der Waals surface area contributed by atoms with Crippen molar-refractivity contribution in [2.45, 2.75) is 19.4 Å². The van der Waals surface area contributed by atoms with E-state index in [2.05, 4.69) is 12.0 Å². The third kappa shape index (κ3) is 2.56. The second kappa shape index (κ2) is 5.69. The molecule has 2 unspecified atom stereocenters. The number of likely N-dealkylation sites (tertiary alicyclic amines) is 1. The maximum absolute atomic E-state index is 12.6. The van der Waals surface area contributed by atoms with Gasteiger partial charge in [0.25, 0.3) is 5.91 Å². The summed E-state index contributed by atoms with van der Waals surface area (Å²) in [5.74, 6) is 0.281. The molecule has 0 aliphatic carbocycles. The topological polar surface area (TPSA) is 58.4 Å². The normalized spacial score (nSPS) is 21.7. The van der Waals surface area contributed by atoms with E-state index in [0.29, 0.717) is 18.0 Å². The van der Waals surface area contributed by atoms with Gasteiger partial charge in [-0.05, 0) is 24.5 Å². The molecule has 0 radical (unpaired) electrons. The number of nitrogens with zero attached hydrogens (tertiary/aromatic N) is 3. The zero-order valence-electron chi connectivity index (χ0n) is 12.0. The Bertz CT molecular complexity index is 623. The lowest BCUT2D eigenvalue weighted by Gasteiger charge is -2.24. The molecule has 1 aromatic carbocycles. The van der Waals surface area contributed by atoms with Crippen LogP contribution in [0.4, 0.5) is 0 Å². The average molecular weight is 285 g/mol. The Balaban J connectivity index is 1.82. The van der Waals surface area contributed by atoms with Crippen LogP contribution in [0.2, 0.25) is 0 Å². The molecular formula is C16H19N3O2. The van der Waals surface area contributed by atoms with Crippen LogP contribution in [0.3, 0.4) is 0 Å². The highest BCUT2D eigenvalue weighted by Gasteiger charge is 2.34. The first-order chi connectivity index (χ1) is 10.2. The summed E-state index contributed by atoms with van der Waals surface area (Å²) in [5, 5.41) is 13.7. The van der Waals surface area contributed by atoms with Gasteiger partial charge < -0.3 is 10.0 Å². The van der Waals surface area contributed by atoms with Crippen molar-refractivity contribution in [1.29, 1.82) is 0 Å². The van der Waals surface area contributed by atoms with E-state index >= 15 is 0 Å². The van der Waals surface area contributed by atoms with Crippen LogP contribution in [0.25, 0.3) is 5.69 Å². The standard InChI is InChI=1S/C16H19N3O2/c1-12-7-8-18(15(12)11-20)16(21)13-9-17-19(10-13)14-5-3-2-4-6-14/h2-6,9-10,12,15,20H,7-8,11H2,1H3. The molecule has 110 valence electrons. The molecule has 1 saturated heterocycles. The minimum Gasteiger partial charge on any atom is -0.394 e. The van der Waals surface area contributed by atoms with E-state index < -0.39 is 0 Å². The summed E-state index contributed by atoms with van der Waals surface area (Å²) < 4.78 is 1.70. The third-order valence-electron chi connectivity index (χ3n) is 4.18. The number of aliphatic hydroxyl groups is 1. The van der Waals surface area contributed by atoms with Gasteiger partial charge in [-0.1, -0.05) is 25.1 Å². The van der Waals surface area contributed by atoms with Crippen molar-refractivity contribution < 1.29 is 9.90 Å². The molecule has 1 aliphatic heterocycles. The van der Waals surface area contributed by atoms with Crippen LogP contribution in [0.1, 0.15) is 23.7 Å². The fourth-order valence-electron chi connectivity index (χ4n) is 2.86. The van der Waals surface area contributed by atoms with Crippen molar-refractivity contribution >= 4 is 5.91 Å². The zero-order chi connectivity index (χ0) is 14.8. The molecule has 0 spiro atoms. The molecule has 2 atom stereocenters. The van der Waals surface area contributed by atoms with Gasteiger partial charge in [-0.25, -0.2) is 4.68 Å². The molecule has 1 fully saturated rings. The maximum Gasteiger partial charge on any atom is 0.257 e. The number of hydrogen-bond acceptors (Lipinski definition) is 3. The number of benzene rings is 1. The molecule has 1 amide bonds. The van der Waals surface area contributed by atoms with E-state index in [4.69, 9.17) is 0 Å². The van der Waals surface area contributed by atoms with Crippen LogP contribution in [0.5, 0.6) is 0 Å². The van der Waals surface area contributed by atoms with Crippen LogP contribution in [0, 0.1) is 5.92 Å². The summed E-state index contributed by atoms with van der Waals surface area (Å²) in [7, 11) is 0. The number of carbonyl (C=O) groups is 1. The lowest BCUT2D eigenvalue weighted by molar-refractivity contribution is 0.0648. The molecule has 5 heteroatoms. The van der Waals surface area contributed by atoms with Crippen LogP contribution >= 0.6 is 0 Å². The first-order valence-electron chi connectivity index (χ1n) is 7.22. The number of rotatable bonds is 3. The van der Waals surface area contributed by atoms with E-state index in [9.17, 15) is 9.90 Å². The minimum atomic E-state index is -0.0856. The summed E-state index contributed by atoms with van der Waals surface area (Å²) in [6.45, 7) is 2.78. The largest absolute Gasteiger partial charge is 0.394 e. The highest BCUT2D eigenvalue weighted by molar-refractivity contribution is 5.94. The van der Waals surface area contributed by atoms with Crippen LogP contribution in [-0.4, -0.2) is 44.9 Å². The second-order valence-corrected chi connectivity index (χ2v) is 5.52. The molecule has 21 heavy (non-hydrogen) atoms. The summed E-state index contributed by atoms with van der Waals surface area (Å²) >= 11 is 0. The molecule has 1 N–H and O–H groups in total. The predicted molar refractivity (Wildman–Crippen MR) is 79.3 cm³/mol. The Labute approximate surface area is 123 Å². The van der Waals surface area contributed by atoms with Gasteiger partial charge in [0.05, 0.1) is 30.1 Å². The Hall–Kier alpha value is -2.14. The third-order valence-corrected chi connectivity index (χ3v) is 4.18. The first kappa shape index (κ1) is 13.8. The molecule has 2 heterocycles. The number of carbonyl (C=O) groups excluding carboxylic acids is 1. The van der Waals surface area contributed by atoms with Crippen molar-refractivity contribution in [3.63, 3.8) is 0 Å². The molecule has 1 aliphatic rings. The first-order valence-corrected chi connectivity index (χ1v) is 7.22. The molecule has 3 rings (SSSR count). The van der Waals surface area contributed by atoms with Gasteiger partial charge in [-0.15, -0.1) is 0 Å². The van der Waals surface area contributed by atoms with Crippen molar-refractivity contribution in [2.24, 2.45) is 5.92 Å². The number of amides is 1. The molecular weight excluding hydrogens is 266 g/mol. The van der Waals surface area contributed by atoms with Crippen molar-refractivity contribution in [2.75, 3.05) is 13.2 Å². The predicted octanol–water partition coefficient (Wildman–Crippen LogP) is 1.72. The van der Waals surface area contributed by atoms with Gasteiger partial charge in [-0.3, -0.25) is 4.79 Å². The number of hydrogen-bond donors (Lipinski definition) is 1. The minimum absolute atomic E-state index is 0.0136. The molecule has 5 nitrogen and oxygen atoms in total. The molecule has 1 aromatic heterocycles. The van der Waals surface area contributed by atoms with Gasteiger partial charge >= 0.3 is 0 Å². The van der Waals surface area contributed by atoms with Crippen LogP contribution in [-0.2, 0) is 0 Å². The number of para-hydroxylation sites is 1. The maximum atomic E-state index is 12.6. The van der Waals surface area contributed by atoms with E-state index in [1.165, 1.54) is 0 Å². The molecule has 2 aromatic rings. The zero-order valence-corrected chi connectivity index (χ0v) is 12.0. The summed E-state index contributed by atoms with van der Waals surface area (Å²) in [5.41, 5.74) is 1.48. The fraction of sp³-hybridized carbons (Fsp3) is 0.375. The van der Waals surface area contributed by atoms with Gasteiger partial charge in [0.15, 0.2) is 0 Å². The lowest BCUT2D eigenvalue weighted by Crippen LogP contribution is -2.39. The lowest BCUT2D eigenvalue weighted by atomic mass is 10.0. The van der Waals surface area contributed by atoms with Gasteiger partial charge in [-0.2, -0.15) is 5.10 Å². The Morgan fingerprint density at radius 2 is 2.14 bits per heavy atom. The second-order valence-electron chi connectivity index (χ2n) is 5.52. The highest BCUT2D eigenvalue weighted by atomic mass is 16.3. The van der Waals surface area contributed by atoms with Gasteiger partial charge in [0, 0.05) is 12.7 Å².